The van der Waals surface area contributed by atoms with E-state index in [9.17, 15) is 39.9 Å². The minimum Gasteiger partial charge on any atom is -0.336 e. The molecule has 0 saturated carbocycles. The van der Waals surface area contributed by atoms with Gasteiger partial charge in [0.2, 0.25) is 0 Å². The summed E-state index contributed by atoms with van der Waals surface area (Å²) in [7, 11) is 0. The van der Waals surface area contributed by atoms with Crippen molar-refractivity contribution < 1.29 is 14.8 Å². The van der Waals surface area contributed by atoms with Crippen LogP contribution in [-0.2, 0) is 11.1 Å². The van der Waals surface area contributed by atoms with E-state index >= 15 is 0 Å². The summed E-state index contributed by atoms with van der Waals surface area (Å²) in [4.78, 5) is 63.8. The monoisotopic (exact) mass is 873 g/mol. The van der Waals surface area contributed by atoms with Crippen LogP contribution in [0.5, 0.6) is 0 Å². The molecule has 2 aromatic heterocycles. The number of hydrogen-bond donors (Lipinski definition) is 3. The molecule has 0 amide bonds. The van der Waals surface area contributed by atoms with E-state index in [0.717, 1.165) is 16.8 Å². The van der Waals surface area contributed by atoms with E-state index in [1.165, 1.54) is 42.1 Å². The van der Waals surface area contributed by atoms with Crippen molar-refractivity contribution in [2.45, 2.75) is 37.0 Å². The molecule has 5 aromatic rings. The van der Waals surface area contributed by atoms with Crippen LogP contribution in [0.1, 0.15) is 28.1 Å². The second kappa shape index (κ2) is 21.2. The zero-order valence-electron chi connectivity index (χ0n) is 27.1. The molecule has 3 N–H and O–H groups in total. The molecule has 0 atom stereocenters. The average Bonchev–Trinajstić information content (AvgIpc) is 3.05. The number of aromatic nitrogens is 4. The number of alkyl halides is 1. The van der Waals surface area contributed by atoms with Gasteiger partial charge in [-0.2, -0.15) is 0 Å². The Balaban J connectivity index is 0.000000253. The highest BCUT2D eigenvalue weighted by Gasteiger charge is 2.16. The van der Waals surface area contributed by atoms with Crippen LogP contribution in [0, 0.1) is 55.9 Å². The third kappa shape index (κ3) is 13.9. The summed E-state index contributed by atoms with van der Waals surface area (Å²) in [6, 6.07) is 16.9. The smallest absolute Gasteiger partial charge is 0.288 e. The Hall–Kier alpha value is -4.46. The number of halogens is 4. The third-order valence-electron chi connectivity index (χ3n) is 6.13. The van der Waals surface area contributed by atoms with Crippen LogP contribution in [0.2, 0.25) is 15.1 Å². The molecule has 0 spiro atoms. The molecule has 0 unspecified atom stereocenters. The number of H-pyrrole nitrogens is 3. The van der Waals surface area contributed by atoms with Gasteiger partial charge >= 0.3 is 0 Å². The zero-order valence-corrected chi connectivity index (χ0v) is 32.6. The van der Waals surface area contributed by atoms with Crippen molar-refractivity contribution in [2.75, 3.05) is 0 Å². The lowest BCUT2D eigenvalue weighted by Gasteiger charge is -2.04. The van der Waals surface area contributed by atoms with Gasteiger partial charge in [0.25, 0.3) is 28.2 Å². The highest BCUT2D eigenvalue weighted by Crippen LogP contribution is 2.32. The first-order valence-corrected chi connectivity index (χ1v) is 17.9. The molecular formula is C31H27BrCl3N7O8S2. The predicted octanol–water partition coefficient (Wildman–Crippen LogP) is 9.37. The van der Waals surface area contributed by atoms with E-state index in [1.807, 2.05) is 0 Å². The quantitative estimate of drug-likeness (QED) is 0.0349. The van der Waals surface area contributed by atoms with E-state index in [1.54, 1.807) is 57.2 Å². The fourth-order valence-corrected chi connectivity index (χ4v) is 6.36. The fraction of sp³-hybridized carbons (Fsp3) is 0.161. The number of rotatable bonds is 7. The van der Waals surface area contributed by atoms with Gasteiger partial charge in [-0.25, -0.2) is 4.98 Å². The first-order chi connectivity index (χ1) is 24.4. The first kappa shape index (κ1) is 43.7. The van der Waals surface area contributed by atoms with Crippen molar-refractivity contribution in [1.29, 1.82) is 0 Å². The van der Waals surface area contributed by atoms with Crippen LogP contribution >= 0.6 is 74.7 Å². The number of benzene rings is 3. The number of hydrogen-bond acceptors (Lipinski definition) is 11. The maximum absolute atomic E-state index is 11.3. The summed E-state index contributed by atoms with van der Waals surface area (Å²) in [5.74, 6) is 0.382. The molecule has 5 rings (SSSR count). The minimum atomic E-state index is -0.525. The van der Waals surface area contributed by atoms with E-state index in [-0.39, 0.29) is 43.2 Å². The SMILES string of the molecule is Cc1cc(=O)[nH]c(=S)[nH]1.Cc1cc(=O)[nH]c(SCc2cccc([N+](=O)[O-])c2Cl)n1.Cc1cccc([N+](=O)[O-])c1Cl.O=[N+]([O-])c1cccc(CBr)c1Cl. The van der Waals surface area contributed by atoms with Gasteiger partial charge in [-0.3, -0.25) is 44.9 Å². The van der Waals surface area contributed by atoms with Gasteiger partial charge in [0.1, 0.15) is 15.1 Å². The van der Waals surface area contributed by atoms with Crippen LogP contribution < -0.4 is 11.1 Å². The number of aromatic amines is 3. The molecule has 0 aliphatic carbocycles. The lowest BCUT2D eigenvalue weighted by atomic mass is 10.2. The number of nitrogens with one attached hydrogen (secondary N) is 3. The second-order valence-electron chi connectivity index (χ2n) is 10.1. The molecular weight excluding hydrogens is 849 g/mol. The van der Waals surface area contributed by atoms with Crippen molar-refractivity contribution in [3.05, 3.63) is 166 Å². The summed E-state index contributed by atoms with van der Waals surface area (Å²) >= 11 is 26.5. The van der Waals surface area contributed by atoms with Gasteiger partial charge in [-0.15, -0.1) is 0 Å². The first-order valence-electron chi connectivity index (χ1n) is 14.2. The van der Waals surface area contributed by atoms with Gasteiger partial charge in [-0.05, 0) is 49.7 Å². The molecule has 0 aliphatic heterocycles. The molecule has 0 fully saturated rings. The maximum atomic E-state index is 11.3. The predicted molar refractivity (Wildman–Crippen MR) is 208 cm³/mol. The standard InChI is InChI=1S/C12H10ClN3O3S.C7H5BrClNO2.C7H6ClNO2.C5H6N2OS/c1-7-5-10(17)15-12(14-7)20-6-8-3-2-4-9(11(8)13)16(18)19;8-4-5-2-1-3-6(7(5)9)10(11)12;1-5-3-2-4-6(7(5)8)9(10)11;1-3-2-4(8)7-5(9)6-3/h2-5H,6H2,1H3,(H,14,15,17);1-3H,4H2;2-4H,1H3;2H,1H3,(H2,6,7,8,9). The molecule has 274 valence electrons. The molecule has 0 saturated heterocycles. The molecule has 0 bridgehead atoms. The normalized spacial score (nSPS) is 9.98. The zero-order chi connectivity index (χ0) is 39.1. The molecule has 0 radical (unpaired) electrons. The Morgan fingerprint density at radius 1 is 0.731 bits per heavy atom. The van der Waals surface area contributed by atoms with Crippen LogP contribution in [0.25, 0.3) is 0 Å². The Bertz CT molecular complexity index is 2230. The van der Waals surface area contributed by atoms with Crippen LogP contribution in [0.4, 0.5) is 17.1 Å². The molecule has 52 heavy (non-hydrogen) atoms. The topological polar surface area (TPSA) is 224 Å². The Morgan fingerprint density at radius 3 is 1.67 bits per heavy atom. The molecule has 3 aromatic carbocycles. The Morgan fingerprint density at radius 2 is 1.21 bits per heavy atom. The van der Waals surface area contributed by atoms with Crippen LogP contribution in [0.15, 0.2) is 81.5 Å². The highest BCUT2D eigenvalue weighted by atomic mass is 79.9. The van der Waals surface area contributed by atoms with Gasteiger partial charge in [-0.1, -0.05) is 98.9 Å². The van der Waals surface area contributed by atoms with E-state index in [0.29, 0.717) is 32.3 Å². The van der Waals surface area contributed by atoms with Crippen molar-refractivity contribution in [3.8, 4) is 0 Å². The van der Waals surface area contributed by atoms with Crippen LogP contribution in [0.3, 0.4) is 0 Å². The lowest BCUT2D eigenvalue weighted by molar-refractivity contribution is -0.384. The highest BCUT2D eigenvalue weighted by molar-refractivity contribution is 9.08. The molecule has 15 nitrogen and oxygen atoms in total. The Kier molecular flexibility index (Phi) is 17.8. The summed E-state index contributed by atoms with van der Waals surface area (Å²) in [5, 5.41) is 33.0. The van der Waals surface area contributed by atoms with Crippen molar-refractivity contribution in [3.63, 3.8) is 0 Å². The molecule has 0 aliphatic rings. The number of nitro benzene ring substituents is 3. The van der Waals surface area contributed by atoms with Crippen molar-refractivity contribution in [1.82, 2.24) is 19.9 Å². The fourth-order valence-electron chi connectivity index (χ4n) is 3.76. The molecule has 21 heteroatoms. The average molecular weight is 876 g/mol. The van der Waals surface area contributed by atoms with Gasteiger partial charge in [0, 0.05) is 52.8 Å². The summed E-state index contributed by atoms with van der Waals surface area (Å²) in [6.07, 6.45) is 0. The lowest BCUT2D eigenvalue weighted by Crippen LogP contribution is -2.08. The third-order valence-corrected chi connectivity index (χ3v) is 9.22. The summed E-state index contributed by atoms with van der Waals surface area (Å²) in [5.41, 5.74) is 2.86. The van der Waals surface area contributed by atoms with Crippen molar-refractivity contribution >= 4 is 91.8 Å². The largest absolute Gasteiger partial charge is 0.336 e. The van der Waals surface area contributed by atoms with Gasteiger partial charge in [0.05, 0.1) is 14.8 Å². The second-order valence-corrected chi connectivity index (χ2v) is 13.1. The maximum Gasteiger partial charge on any atom is 0.288 e. The summed E-state index contributed by atoms with van der Waals surface area (Å²) < 4.78 is 0.375. The van der Waals surface area contributed by atoms with E-state index in [2.05, 4.69) is 48.1 Å². The van der Waals surface area contributed by atoms with Crippen LogP contribution in [-0.4, -0.2) is 34.7 Å². The van der Waals surface area contributed by atoms with E-state index in [4.69, 9.17) is 34.8 Å². The Labute approximate surface area is 327 Å². The number of aryl methyl sites for hydroxylation is 3. The van der Waals surface area contributed by atoms with E-state index < -0.39 is 14.8 Å². The minimum absolute atomic E-state index is 0.0355. The number of nitrogens with zero attached hydrogens (tertiary/aromatic N) is 4. The number of nitro groups is 3. The molecule has 2 heterocycles. The van der Waals surface area contributed by atoms with Crippen molar-refractivity contribution in [2.24, 2.45) is 0 Å². The van der Waals surface area contributed by atoms with Gasteiger partial charge in [0.15, 0.2) is 9.93 Å². The number of thioether (sulfide) groups is 1. The van der Waals surface area contributed by atoms with Gasteiger partial charge < -0.3 is 9.97 Å². The summed E-state index contributed by atoms with van der Waals surface area (Å²) in [6.45, 7) is 5.24.